The van der Waals surface area contributed by atoms with Crippen molar-refractivity contribution in [2.24, 2.45) is 7.05 Å². The molecular formula is C21H28N4O5. The smallest absolute Gasteiger partial charge is 0.313 e. The van der Waals surface area contributed by atoms with Crippen molar-refractivity contribution >= 4 is 17.5 Å². The van der Waals surface area contributed by atoms with Crippen LogP contribution in [-0.4, -0.2) is 68.3 Å². The van der Waals surface area contributed by atoms with Gasteiger partial charge in [-0.2, -0.15) is 0 Å². The molecule has 1 aromatic heterocycles. The summed E-state index contributed by atoms with van der Waals surface area (Å²) in [5, 5.41) is 5.35. The number of carbonyl (C=O) groups excluding carboxylic acids is 2. The molecule has 0 radical (unpaired) electrons. The summed E-state index contributed by atoms with van der Waals surface area (Å²) in [6, 6.07) is 8.90. The van der Waals surface area contributed by atoms with Crippen molar-refractivity contribution in [2.45, 2.75) is 6.04 Å². The SMILES string of the molecule is COc1ccc(OC)c(NC(=O)C(=O)NCC(c2cccn2C)N2CCOCC2)c1. The summed E-state index contributed by atoms with van der Waals surface area (Å²) >= 11 is 0. The number of nitrogens with one attached hydrogen (secondary N) is 2. The van der Waals surface area contributed by atoms with E-state index in [1.807, 2.05) is 29.9 Å². The lowest BCUT2D eigenvalue weighted by Crippen LogP contribution is -2.46. The van der Waals surface area contributed by atoms with Gasteiger partial charge < -0.3 is 29.4 Å². The maximum absolute atomic E-state index is 12.5. The monoisotopic (exact) mass is 416 g/mol. The van der Waals surface area contributed by atoms with Crippen molar-refractivity contribution in [3.05, 3.63) is 42.2 Å². The molecule has 1 saturated heterocycles. The molecule has 162 valence electrons. The van der Waals surface area contributed by atoms with Gasteiger partial charge in [-0.3, -0.25) is 14.5 Å². The maximum Gasteiger partial charge on any atom is 0.313 e. The molecule has 0 aliphatic carbocycles. The molecule has 1 aliphatic heterocycles. The lowest BCUT2D eigenvalue weighted by molar-refractivity contribution is -0.136. The maximum atomic E-state index is 12.5. The summed E-state index contributed by atoms with van der Waals surface area (Å²) in [6.07, 6.45) is 1.96. The van der Waals surface area contributed by atoms with E-state index in [4.69, 9.17) is 14.2 Å². The number of aromatic nitrogens is 1. The Morgan fingerprint density at radius 1 is 1.13 bits per heavy atom. The largest absolute Gasteiger partial charge is 0.497 e. The third kappa shape index (κ3) is 5.11. The summed E-state index contributed by atoms with van der Waals surface area (Å²) in [6.45, 7) is 3.12. The number of benzene rings is 1. The number of ether oxygens (including phenoxy) is 3. The van der Waals surface area contributed by atoms with Gasteiger partial charge in [0.25, 0.3) is 0 Å². The van der Waals surface area contributed by atoms with Crippen LogP contribution in [-0.2, 0) is 21.4 Å². The number of aryl methyl sites for hydroxylation is 1. The molecule has 30 heavy (non-hydrogen) atoms. The first-order chi connectivity index (χ1) is 14.5. The fourth-order valence-corrected chi connectivity index (χ4v) is 3.49. The first-order valence-electron chi connectivity index (χ1n) is 9.77. The van der Waals surface area contributed by atoms with Crippen LogP contribution < -0.4 is 20.1 Å². The third-order valence-electron chi connectivity index (χ3n) is 5.13. The van der Waals surface area contributed by atoms with Crippen LogP contribution in [0.1, 0.15) is 11.7 Å². The van der Waals surface area contributed by atoms with Crippen LogP contribution in [0.3, 0.4) is 0 Å². The molecule has 2 amide bonds. The quantitative estimate of drug-likeness (QED) is 0.658. The van der Waals surface area contributed by atoms with E-state index in [1.165, 1.54) is 14.2 Å². The summed E-state index contributed by atoms with van der Waals surface area (Å²) in [5.41, 5.74) is 1.43. The van der Waals surface area contributed by atoms with Gasteiger partial charge in [-0.1, -0.05) is 0 Å². The molecule has 1 fully saturated rings. The number of rotatable bonds is 7. The lowest BCUT2D eigenvalue weighted by atomic mass is 10.1. The zero-order valence-corrected chi connectivity index (χ0v) is 17.5. The lowest BCUT2D eigenvalue weighted by Gasteiger charge is -2.34. The zero-order valence-electron chi connectivity index (χ0n) is 17.5. The molecule has 0 bridgehead atoms. The van der Waals surface area contributed by atoms with E-state index in [0.717, 1.165) is 18.8 Å². The van der Waals surface area contributed by atoms with E-state index < -0.39 is 11.8 Å². The van der Waals surface area contributed by atoms with E-state index in [0.29, 0.717) is 36.9 Å². The van der Waals surface area contributed by atoms with Crippen LogP contribution in [0.2, 0.25) is 0 Å². The predicted octanol–water partition coefficient (Wildman–Crippen LogP) is 1.17. The highest BCUT2D eigenvalue weighted by atomic mass is 16.5. The molecule has 9 nitrogen and oxygen atoms in total. The van der Waals surface area contributed by atoms with Crippen molar-refractivity contribution in [3.8, 4) is 11.5 Å². The average Bonchev–Trinajstić information content (AvgIpc) is 3.20. The van der Waals surface area contributed by atoms with E-state index >= 15 is 0 Å². The van der Waals surface area contributed by atoms with Gasteiger partial charge in [0.1, 0.15) is 11.5 Å². The molecule has 1 aromatic carbocycles. The third-order valence-corrected chi connectivity index (χ3v) is 5.13. The molecule has 2 heterocycles. The van der Waals surface area contributed by atoms with Crippen LogP contribution in [0, 0.1) is 0 Å². The second kappa shape index (κ2) is 10.1. The van der Waals surface area contributed by atoms with Gasteiger partial charge in [0.2, 0.25) is 0 Å². The average molecular weight is 416 g/mol. The number of hydrogen-bond donors (Lipinski definition) is 2. The van der Waals surface area contributed by atoms with E-state index in [-0.39, 0.29) is 6.04 Å². The van der Waals surface area contributed by atoms with Gasteiger partial charge in [-0.15, -0.1) is 0 Å². The number of hydrogen-bond acceptors (Lipinski definition) is 6. The minimum atomic E-state index is -0.769. The number of anilines is 1. The summed E-state index contributed by atoms with van der Waals surface area (Å²) in [7, 11) is 4.98. The molecule has 9 heteroatoms. The van der Waals surface area contributed by atoms with Gasteiger partial charge in [0.15, 0.2) is 0 Å². The summed E-state index contributed by atoms with van der Waals surface area (Å²) in [5.74, 6) is -0.504. The van der Waals surface area contributed by atoms with Gasteiger partial charge in [0.05, 0.1) is 39.2 Å². The number of carbonyl (C=O) groups is 2. The standard InChI is InChI=1S/C21H28N4O5/c1-24-8-4-5-17(24)18(25-9-11-30-12-10-25)14-22-20(26)21(27)23-16-13-15(28-2)6-7-19(16)29-3/h4-8,13,18H,9-12,14H2,1-3H3,(H,22,26)(H,23,27). The Morgan fingerprint density at radius 3 is 2.53 bits per heavy atom. The number of amides is 2. The molecule has 3 rings (SSSR count). The normalized spacial score (nSPS) is 15.3. The molecule has 1 unspecified atom stereocenters. The number of methoxy groups -OCH3 is 2. The molecule has 0 spiro atoms. The second-order valence-electron chi connectivity index (χ2n) is 6.94. The van der Waals surface area contributed by atoms with Crippen LogP contribution in [0.15, 0.2) is 36.5 Å². The molecule has 2 aromatic rings. The fourth-order valence-electron chi connectivity index (χ4n) is 3.49. The van der Waals surface area contributed by atoms with Crippen molar-refractivity contribution in [3.63, 3.8) is 0 Å². The van der Waals surface area contributed by atoms with Crippen molar-refractivity contribution in [2.75, 3.05) is 52.4 Å². The minimum Gasteiger partial charge on any atom is -0.497 e. The van der Waals surface area contributed by atoms with Crippen LogP contribution in [0.5, 0.6) is 11.5 Å². The van der Waals surface area contributed by atoms with Gasteiger partial charge in [-0.05, 0) is 24.3 Å². The van der Waals surface area contributed by atoms with Crippen LogP contribution in [0.25, 0.3) is 0 Å². The molecule has 2 N–H and O–H groups in total. The predicted molar refractivity (Wildman–Crippen MR) is 112 cm³/mol. The van der Waals surface area contributed by atoms with Gasteiger partial charge in [0, 0.05) is 44.6 Å². The van der Waals surface area contributed by atoms with Crippen molar-refractivity contribution < 1.29 is 23.8 Å². The molecule has 1 aliphatic rings. The Hall–Kier alpha value is -3.04. The highest BCUT2D eigenvalue weighted by Gasteiger charge is 2.26. The first-order valence-corrected chi connectivity index (χ1v) is 9.77. The molecule has 1 atom stereocenters. The Morgan fingerprint density at radius 2 is 1.90 bits per heavy atom. The van der Waals surface area contributed by atoms with E-state index in [9.17, 15) is 9.59 Å². The van der Waals surface area contributed by atoms with E-state index in [2.05, 4.69) is 15.5 Å². The van der Waals surface area contributed by atoms with Gasteiger partial charge >= 0.3 is 11.8 Å². The van der Waals surface area contributed by atoms with Crippen LogP contribution in [0.4, 0.5) is 5.69 Å². The van der Waals surface area contributed by atoms with Crippen molar-refractivity contribution in [1.29, 1.82) is 0 Å². The summed E-state index contributed by atoms with van der Waals surface area (Å²) < 4.78 is 17.9. The Kier molecular flexibility index (Phi) is 7.31. The minimum absolute atomic E-state index is 0.0583. The number of nitrogens with zero attached hydrogens (tertiary/aromatic N) is 2. The zero-order chi connectivity index (χ0) is 21.5. The molecule has 0 saturated carbocycles. The first kappa shape index (κ1) is 21.7. The van der Waals surface area contributed by atoms with Crippen molar-refractivity contribution in [1.82, 2.24) is 14.8 Å². The Balaban J connectivity index is 1.66. The Bertz CT molecular complexity index is 876. The fraction of sp³-hybridized carbons (Fsp3) is 0.429. The Labute approximate surface area is 175 Å². The highest BCUT2D eigenvalue weighted by Crippen LogP contribution is 2.28. The second-order valence-corrected chi connectivity index (χ2v) is 6.94. The molecular weight excluding hydrogens is 388 g/mol. The topological polar surface area (TPSA) is 94.1 Å². The highest BCUT2D eigenvalue weighted by molar-refractivity contribution is 6.39. The van der Waals surface area contributed by atoms with E-state index in [1.54, 1.807) is 18.2 Å². The summed E-state index contributed by atoms with van der Waals surface area (Å²) in [4.78, 5) is 27.2. The number of morpholine rings is 1. The van der Waals surface area contributed by atoms with Crippen LogP contribution >= 0.6 is 0 Å². The van der Waals surface area contributed by atoms with Gasteiger partial charge in [-0.25, -0.2) is 0 Å².